The molecule has 0 spiro atoms. The van der Waals surface area contributed by atoms with E-state index >= 15 is 0 Å². The molecule has 1 unspecified atom stereocenters. The molecule has 1 aliphatic carbocycles. The number of para-hydroxylation sites is 1. The third-order valence-electron chi connectivity index (χ3n) is 3.65. The number of carbonyl (C=O) groups is 1. The molecule has 3 nitrogen and oxygen atoms in total. The summed E-state index contributed by atoms with van der Waals surface area (Å²) in [6.07, 6.45) is 2.86. The van der Waals surface area contributed by atoms with Crippen molar-refractivity contribution < 1.29 is 4.79 Å². The summed E-state index contributed by atoms with van der Waals surface area (Å²) < 4.78 is 0. The van der Waals surface area contributed by atoms with Crippen LogP contribution in [0.3, 0.4) is 0 Å². The SMILES string of the molecule is CC1(C)CC1NC(=O)c1c[nH]c2ccccc12. The molecule has 0 bridgehead atoms. The van der Waals surface area contributed by atoms with Crippen LogP contribution in [0, 0.1) is 5.41 Å². The molecule has 1 saturated carbocycles. The minimum absolute atomic E-state index is 0.0259. The summed E-state index contributed by atoms with van der Waals surface area (Å²) in [6.45, 7) is 4.35. The van der Waals surface area contributed by atoms with Gasteiger partial charge in [-0.2, -0.15) is 0 Å². The summed E-state index contributed by atoms with van der Waals surface area (Å²) in [4.78, 5) is 15.2. The Balaban J connectivity index is 1.86. The molecule has 1 amide bonds. The highest BCUT2D eigenvalue weighted by Crippen LogP contribution is 2.44. The molecular weight excluding hydrogens is 212 g/mol. The summed E-state index contributed by atoms with van der Waals surface area (Å²) in [5.74, 6) is 0.0259. The predicted octanol–water partition coefficient (Wildman–Crippen LogP) is 2.70. The highest BCUT2D eigenvalue weighted by molar-refractivity contribution is 6.06. The topological polar surface area (TPSA) is 44.9 Å². The van der Waals surface area contributed by atoms with Crippen molar-refractivity contribution in [2.45, 2.75) is 26.3 Å². The Bertz CT molecular complexity index is 583. The zero-order valence-electron chi connectivity index (χ0n) is 10.1. The molecule has 2 aromatic rings. The van der Waals surface area contributed by atoms with Gasteiger partial charge in [0, 0.05) is 23.1 Å². The van der Waals surface area contributed by atoms with Crippen LogP contribution in [-0.4, -0.2) is 16.9 Å². The molecule has 1 fully saturated rings. The van der Waals surface area contributed by atoms with Gasteiger partial charge in [0.1, 0.15) is 0 Å². The average molecular weight is 228 g/mol. The second kappa shape index (κ2) is 3.36. The fraction of sp³-hybridized carbons (Fsp3) is 0.357. The molecule has 1 aromatic heterocycles. The molecule has 17 heavy (non-hydrogen) atoms. The minimum Gasteiger partial charge on any atom is -0.360 e. The molecule has 1 atom stereocenters. The largest absolute Gasteiger partial charge is 0.360 e. The molecular formula is C14H16N2O. The van der Waals surface area contributed by atoms with E-state index in [1.54, 1.807) is 6.20 Å². The second-order valence-electron chi connectivity index (χ2n) is 5.47. The fourth-order valence-electron chi connectivity index (χ4n) is 2.21. The number of nitrogens with one attached hydrogen (secondary N) is 2. The van der Waals surface area contributed by atoms with Gasteiger partial charge in [-0.05, 0) is 17.9 Å². The number of benzene rings is 1. The van der Waals surface area contributed by atoms with Gasteiger partial charge in [0.05, 0.1) is 5.56 Å². The first-order chi connectivity index (χ1) is 8.08. The zero-order chi connectivity index (χ0) is 12.0. The normalized spacial score (nSPS) is 21.4. The standard InChI is InChI=1S/C14H16N2O/c1-14(2)7-12(14)16-13(17)10-8-15-11-6-4-3-5-9(10)11/h3-6,8,12,15H,7H2,1-2H3,(H,16,17). The van der Waals surface area contributed by atoms with Crippen molar-refractivity contribution in [1.82, 2.24) is 10.3 Å². The molecule has 1 aliphatic rings. The van der Waals surface area contributed by atoms with E-state index in [4.69, 9.17) is 0 Å². The third-order valence-corrected chi connectivity index (χ3v) is 3.65. The number of rotatable bonds is 2. The van der Waals surface area contributed by atoms with E-state index in [0.717, 1.165) is 22.9 Å². The molecule has 3 rings (SSSR count). The van der Waals surface area contributed by atoms with Crippen molar-refractivity contribution in [1.29, 1.82) is 0 Å². The van der Waals surface area contributed by atoms with Crippen LogP contribution in [0.15, 0.2) is 30.5 Å². The van der Waals surface area contributed by atoms with Gasteiger partial charge in [0.2, 0.25) is 0 Å². The van der Waals surface area contributed by atoms with Crippen molar-refractivity contribution in [2.24, 2.45) is 5.41 Å². The first kappa shape index (κ1) is 10.4. The van der Waals surface area contributed by atoms with Crippen molar-refractivity contribution in [3.63, 3.8) is 0 Å². The third kappa shape index (κ3) is 1.71. The highest BCUT2D eigenvalue weighted by Gasteiger charge is 2.46. The molecule has 0 saturated heterocycles. The van der Waals surface area contributed by atoms with E-state index in [1.165, 1.54) is 0 Å². The molecule has 0 aliphatic heterocycles. The summed E-state index contributed by atoms with van der Waals surface area (Å²) in [5, 5.41) is 4.07. The van der Waals surface area contributed by atoms with E-state index in [1.807, 2.05) is 24.3 Å². The van der Waals surface area contributed by atoms with Crippen molar-refractivity contribution in [3.05, 3.63) is 36.0 Å². The zero-order valence-corrected chi connectivity index (χ0v) is 10.1. The first-order valence-electron chi connectivity index (χ1n) is 5.95. The number of carbonyl (C=O) groups excluding carboxylic acids is 1. The van der Waals surface area contributed by atoms with Gasteiger partial charge in [-0.3, -0.25) is 4.79 Å². The smallest absolute Gasteiger partial charge is 0.253 e. The number of aromatic amines is 1. The van der Waals surface area contributed by atoms with Crippen LogP contribution in [-0.2, 0) is 0 Å². The lowest BCUT2D eigenvalue weighted by atomic mass is 10.1. The lowest BCUT2D eigenvalue weighted by molar-refractivity contribution is 0.0948. The van der Waals surface area contributed by atoms with Crippen molar-refractivity contribution >= 4 is 16.8 Å². The summed E-state index contributed by atoms with van der Waals surface area (Å²) in [5.41, 5.74) is 2.01. The Morgan fingerprint density at radius 3 is 2.82 bits per heavy atom. The van der Waals surface area contributed by atoms with E-state index in [9.17, 15) is 4.79 Å². The van der Waals surface area contributed by atoms with Gasteiger partial charge >= 0.3 is 0 Å². The Hall–Kier alpha value is -1.77. The number of amides is 1. The number of aromatic nitrogens is 1. The van der Waals surface area contributed by atoms with Gasteiger partial charge in [-0.1, -0.05) is 32.0 Å². The Kier molecular flexibility index (Phi) is 2.05. The van der Waals surface area contributed by atoms with Gasteiger partial charge in [0.25, 0.3) is 5.91 Å². The Morgan fingerprint density at radius 1 is 1.41 bits per heavy atom. The number of hydrogen-bond acceptors (Lipinski definition) is 1. The number of H-pyrrole nitrogens is 1. The lowest BCUT2D eigenvalue weighted by Gasteiger charge is -2.05. The van der Waals surface area contributed by atoms with Gasteiger partial charge < -0.3 is 10.3 Å². The Labute approximate surface area is 100 Å². The van der Waals surface area contributed by atoms with E-state index in [0.29, 0.717) is 6.04 Å². The maximum atomic E-state index is 12.1. The Morgan fingerprint density at radius 2 is 2.12 bits per heavy atom. The summed E-state index contributed by atoms with van der Waals surface area (Å²) >= 11 is 0. The molecule has 1 aromatic carbocycles. The summed E-state index contributed by atoms with van der Waals surface area (Å²) in [6, 6.07) is 8.19. The first-order valence-corrected chi connectivity index (χ1v) is 5.95. The average Bonchev–Trinajstić information content (AvgIpc) is 2.76. The highest BCUT2D eigenvalue weighted by atomic mass is 16.1. The van der Waals surface area contributed by atoms with Gasteiger partial charge in [-0.15, -0.1) is 0 Å². The van der Waals surface area contributed by atoms with Crippen LogP contribution in [0.5, 0.6) is 0 Å². The van der Waals surface area contributed by atoms with Crippen LogP contribution in [0.1, 0.15) is 30.6 Å². The molecule has 2 N–H and O–H groups in total. The monoisotopic (exact) mass is 228 g/mol. The van der Waals surface area contributed by atoms with Crippen molar-refractivity contribution in [2.75, 3.05) is 0 Å². The van der Waals surface area contributed by atoms with Crippen LogP contribution in [0.25, 0.3) is 10.9 Å². The number of fused-ring (bicyclic) bond motifs is 1. The molecule has 3 heteroatoms. The fourth-order valence-corrected chi connectivity index (χ4v) is 2.21. The molecule has 1 heterocycles. The predicted molar refractivity (Wildman–Crippen MR) is 68.0 cm³/mol. The summed E-state index contributed by atoms with van der Waals surface area (Å²) in [7, 11) is 0. The maximum absolute atomic E-state index is 12.1. The quantitative estimate of drug-likeness (QED) is 0.815. The van der Waals surface area contributed by atoms with E-state index in [-0.39, 0.29) is 11.3 Å². The lowest BCUT2D eigenvalue weighted by Crippen LogP contribution is -2.28. The number of hydrogen-bond donors (Lipinski definition) is 2. The van der Waals surface area contributed by atoms with Crippen molar-refractivity contribution in [3.8, 4) is 0 Å². The van der Waals surface area contributed by atoms with Crippen LogP contribution >= 0.6 is 0 Å². The van der Waals surface area contributed by atoms with E-state index < -0.39 is 0 Å². The van der Waals surface area contributed by atoms with Crippen LogP contribution < -0.4 is 5.32 Å². The van der Waals surface area contributed by atoms with E-state index in [2.05, 4.69) is 24.1 Å². The van der Waals surface area contributed by atoms with Gasteiger partial charge in [0.15, 0.2) is 0 Å². The van der Waals surface area contributed by atoms with Crippen LogP contribution in [0.2, 0.25) is 0 Å². The second-order valence-corrected chi connectivity index (χ2v) is 5.47. The van der Waals surface area contributed by atoms with Gasteiger partial charge in [-0.25, -0.2) is 0 Å². The minimum atomic E-state index is 0.0259. The molecule has 88 valence electrons. The van der Waals surface area contributed by atoms with Crippen LogP contribution in [0.4, 0.5) is 0 Å². The maximum Gasteiger partial charge on any atom is 0.253 e. The molecule has 0 radical (unpaired) electrons.